The molecule has 0 spiro atoms. The molecule has 0 bridgehead atoms. The summed E-state index contributed by atoms with van der Waals surface area (Å²) in [5.41, 5.74) is 1.84. The lowest BCUT2D eigenvalue weighted by Crippen LogP contribution is -2.34. The third-order valence-electron chi connectivity index (χ3n) is 3.74. The summed E-state index contributed by atoms with van der Waals surface area (Å²) in [4.78, 5) is 2.19. The van der Waals surface area contributed by atoms with Crippen LogP contribution in [0.4, 0.5) is 10.1 Å². The highest BCUT2D eigenvalue weighted by molar-refractivity contribution is 5.55. The molecule has 1 aliphatic heterocycles. The van der Waals surface area contributed by atoms with Gasteiger partial charge in [-0.1, -0.05) is 12.1 Å². The summed E-state index contributed by atoms with van der Waals surface area (Å²) in [7, 11) is 0. The summed E-state index contributed by atoms with van der Waals surface area (Å²) >= 11 is 0. The van der Waals surface area contributed by atoms with E-state index in [9.17, 15) is 4.39 Å². The van der Waals surface area contributed by atoms with Crippen LogP contribution in [0.1, 0.15) is 24.8 Å². The number of hydrogen-bond donors (Lipinski definition) is 1. The molecule has 1 saturated heterocycles. The molecular weight excluding hydrogens is 215 g/mol. The molecule has 2 nitrogen and oxygen atoms in total. The Balaban J connectivity index is 1.72. The van der Waals surface area contributed by atoms with Gasteiger partial charge in [-0.3, -0.25) is 0 Å². The smallest absolute Gasteiger partial charge is 0.146 e. The highest BCUT2D eigenvalue weighted by Crippen LogP contribution is 2.28. The van der Waals surface area contributed by atoms with Gasteiger partial charge < -0.3 is 10.2 Å². The fourth-order valence-electron chi connectivity index (χ4n) is 2.71. The van der Waals surface area contributed by atoms with Crippen molar-refractivity contribution in [1.82, 2.24) is 5.32 Å². The van der Waals surface area contributed by atoms with Crippen LogP contribution < -0.4 is 10.2 Å². The van der Waals surface area contributed by atoms with Gasteiger partial charge in [0.05, 0.1) is 5.69 Å². The molecule has 3 heteroatoms. The van der Waals surface area contributed by atoms with Crippen molar-refractivity contribution in [3.05, 3.63) is 29.6 Å². The van der Waals surface area contributed by atoms with Crippen LogP contribution in [0.2, 0.25) is 0 Å². The highest BCUT2D eigenvalue weighted by atomic mass is 19.1. The normalized spacial score (nSPS) is 24.4. The topological polar surface area (TPSA) is 15.3 Å². The average Bonchev–Trinajstić information content (AvgIpc) is 2.97. The van der Waals surface area contributed by atoms with Crippen LogP contribution in [0.3, 0.4) is 0 Å². The zero-order valence-corrected chi connectivity index (χ0v) is 10.2. The van der Waals surface area contributed by atoms with Crippen molar-refractivity contribution < 1.29 is 4.39 Å². The third-order valence-corrected chi connectivity index (χ3v) is 3.74. The Morgan fingerprint density at radius 1 is 1.24 bits per heavy atom. The molecule has 1 unspecified atom stereocenters. The molecule has 0 radical (unpaired) electrons. The summed E-state index contributed by atoms with van der Waals surface area (Å²) in [6.45, 7) is 3.89. The first-order valence-electron chi connectivity index (χ1n) is 6.50. The lowest BCUT2D eigenvalue weighted by molar-refractivity contribution is 0.547. The number of aryl methyl sites for hydroxylation is 1. The monoisotopic (exact) mass is 234 g/mol. The van der Waals surface area contributed by atoms with E-state index in [0.717, 1.165) is 36.8 Å². The van der Waals surface area contributed by atoms with E-state index < -0.39 is 0 Å². The molecule has 3 rings (SSSR count). The minimum absolute atomic E-state index is 0.0860. The van der Waals surface area contributed by atoms with Gasteiger partial charge in [0.1, 0.15) is 5.82 Å². The largest absolute Gasteiger partial charge is 0.367 e. The summed E-state index contributed by atoms with van der Waals surface area (Å²) in [6, 6.07) is 6.61. The van der Waals surface area contributed by atoms with Crippen molar-refractivity contribution in [1.29, 1.82) is 0 Å². The van der Waals surface area contributed by atoms with Crippen LogP contribution in [0, 0.1) is 12.7 Å². The Hall–Kier alpha value is -1.09. The van der Waals surface area contributed by atoms with Crippen LogP contribution >= 0.6 is 0 Å². The van der Waals surface area contributed by atoms with Crippen molar-refractivity contribution in [2.24, 2.45) is 0 Å². The van der Waals surface area contributed by atoms with Gasteiger partial charge in [0.25, 0.3) is 0 Å². The van der Waals surface area contributed by atoms with E-state index in [0.29, 0.717) is 6.04 Å². The Morgan fingerprint density at radius 2 is 2.06 bits per heavy atom. The second-order valence-electron chi connectivity index (χ2n) is 5.28. The predicted molar refractivity (Wildman–Crippen MR) is 67.9 cm³/mol. The summed E-state index contributed by atoms with van der Waals surface area (Å²) in [5, 5.41) is 3.63. The number of halogens is 1. The molecule has 1 aromatic carbocycles. The van der Waals surface area contributed by atoms with E-state index in [2.05, 4.69) is 10.2 Å². The first kappa shape index (κ1) is 11.0. The van der Waals surface area contributed by atoms with E-state index in [-0.39, 0.29) is 5.82 Å². The van der Waals surface area contributed by atoms with Crippen molar-refractivity contribution in [2.75, 3.05) is 18.0 Å². The molecule has 1 aromatic rings. The number of anilines is 1. The maximum absolute atomic E-state index is 13.8. The quantitative estimate of drug-likeness (QED) is 0.864. The van der Waals surface area contributed by atoms with E-state index in [1.54, 1.807) is 12.1 Å². The standard InChI is InChI=1S/C14H19FN2/c1-10-3-2-4-13(15)14(10)17-8-7-12(9-17)16-11-5-6-11/h2-4,11-12,16H,5-9H2,1H3. The molecule has 2 aliphatic rings. The number of nitrogens with one attached hydrogen (secondary N) is 1. The van der Waals surface area contributed by atoms with Crippen LogP contribution in [0.25, 0.3) is 0 Å². The Bertz CT molecular complexity index is 394. The maximum atomic E-state index is 13.8. The molecule has 2 fully saturated rings. The van der Waals surface area contributed by atoms with Gasteiger partial charge in [-0.2, -0.15) is 0 Å². The minimum atomic E-state index is -0.0860. The van der Waals surface area contributed by atoms with E-state index in [4.69, 9.17) is 0 Å². The van der Waals surface area contributed by atoms with Crippen molar-refractivity contribution in [2.45, 2.75) is 38.3 Å². The predicted octanol–water partition coefficient (Wildman–Crippen LogP) is 2.46. The maximum Gasteiger partial charge on any atom is 0.146 e. The highest BCUT2D eigenvalue weighted by Gasteiger charge is 2.30. The number of benzene rings is 1. The first-order valence-corrected chi connectivity index (χ1v) is 6.50. The first-order chi connectivity index (χ1) is 8.24. The van der Waals surface area contributed by atoms with Gasteiger partial charge in [-0.15, -0.1) is 0 Å². The van der Waals surface area contributed by atoms with E-state index in [1.165, 1.54) is 12.8 Å². The summed E-state index contributed by atoms with van der Waals surface area (Å²) in [5.74, 6) is -0.0860. The summed E-state index contributed by atoms with van der Waals surface area (Å²) in [6.07, 6.45) is 3.76. The second-order valence-corrected chi connectivity index (χ2v) is 5.28. The van der Waals surface area contributed by atoms with E-state index >= 15 is 0 Å². The molecular formula is C14H19FN2. The number of hydrogen-bond acceptors (Lipinski definition) is 2. The van der Waals surface area contributed by atoms with E-state index in [1.807, 2.05) is 13.0 Å². The zero-order valence-electron chi connectivity index (χ0n) is 10.2. The molecule has 0 aromatic heterocycles. The Morgan fingerprint density at radius 3 is 2.76 bits per heavy atom. The van der Waals surface area contributed by atoms with Crippen LogP contribution in [-0.4, -0.2) is 25.2 Å². The van der Waals surface area contributed by atoms with Gasteiger partial charge in [0.2, 0.25) is 0 Å². The second kappa shape index (κ2) is 4.30. The van der Waals surface area contributed by atoms with Crippen LogP contribution in [0.5, 0.6) is 0 Å². The lowest BCUT2D eigenvalue weighted by atomic mass is 10.2. The third kappa shape index (κ3) is 2.29. The van der Waals surface area contributed by atoms with Crippen molar-refractivity contribution in [3.8, 4) is 0 Å². The molecule has 1 atom stereocenters. The fourth-order valence-corrected chi connectivity index (χ4v) is 2.71. The van der Waals surface area contributed by atoms with Crippen LogP contribution in [0.15, 0.2) is 18.2 Å². The molecule has 1 aliphatic carbocycles. The molecule has 1 heterocycles. The molecule has 0 amide bonds. The Labute approximate surface area is 102 Å². The fraction of sp³-hybridized carbons (Fsp3) is 0.571. The molecule has 1 saturated carbocycles. The van der Waals surface area contributed by atoms with Gasteiger partial charge in [0.15, 0.2) is 0 Å². The zero-order chi connectivity index (χ0) is 11.8. The summed E-state index contributed by atoms with van der Waals surface area (Å²) < 4.78 is 13.8. The number of rotatable bonds is 3. The molecule has 92 valence electrons. The van der Waals surface area contributed by atoms with Gasteiger partial charge in [-0.25, -0.2) is 4.39 Å². The minimum Gasteiger partial charge on any atom is -0.367 e. The number of nitrogens with zero attached hydrogens (tertiary/aromatic N) is 1. The molecule has 17 heavy (non-hydrogen) atoms. The van der Waals surface area contributed by atoms with Gasteiger partial charge >= 0.3 is 0 Å². The Kier molecular flexibility index (Phi) is 2.79. The lowest BCUT2D eigenvalue weighted by Gasteiger charge is -2.21. The van der Waals surface area contributed by atoms with Crippen LogP contribution in [-0.2, 0) is 0 Å². The SMILES string of the molecule is Cc1cccc(F)c1N1CCC(NC2CC2)C1. The van der Waals surface area contributed by atoms with Gasteiger partial charge in [0, 0.05) is 25.2 Å². The molecule has 1 N–H and O–H groups in total. The number of para-hydroxylation sites is 1. The van der Waals surface area contributed by atoms with Crippen molar-refractivity contribution >= 4 is 5.69 Å². The van der Waals surface area contributed by atoms with Crippen molar-refractivity contribution in [3.63, 3.8) is 0 Å². The average molecular weight is 234 g/mol. The van der Waals surface area contributed by atoms with Gasteiger partial charge in [-0.05, 0) is 37.8 Å².